The Balaban J connectivity index is 1.60. The second kappa shape index (κ2) is 9.22. The van der Waals surface area contributed by atoms with Crippen LogP contribution in [0.2, 0.25) is 0 Å². The number of para-hydroxylation sites is 1. The van der Waals surface area contributed by atoms with Gasteiger partial charge in [0.2, 0.25) is 5.91 Å². The lowest BCUT2D eigenvalue weighted by Crippen LogP contribution is -2.38. The molecule has 0 saturated carbocycles. The Morgan fingerprint density at radius 2 is 1.79 bits per heavy atom. The fourth-order valence-electron chi connectivity index (χ4n) is 3.44. The molecule has 146 valence electrons. The van der Waals surface area contributed by atoms with Crippen LogP contribution in [-0.4, -0.2) is 31.4 Å². The van der Waals surface area contributed by atoms with Crippen molar-refractivity contribution in [3.05, 3.63) is 72.3 Å². The monoisotopic (exact) mass is 377 g/mol. The van der Waals surface area contributed by atoms with E-state index in [1.165, 1.54) is 11.3 Å². The molecule has 0 unspecified atom stereocenters. The van der Waals surface area contributed by atoms with Gasteiger partial charge in [-0.05, 0) is 44.0 Å². The lowest BCUT2D eigenvalue weighted by atomic mass is 9.95. The van der Waals surface area contributed by atoms with Crippen molar-refractivity contribution < 1.29 is 9.59 Å². The van der Waals surface area contributed by atoms with Crippen molar-refractivity contribution in [3.63, 3.8) is 0 Å². The van der Waals surface area contributed by atoms with Crippen molar-refractivity contribution in [1.29, 1.82) is 0 Å². The van der Waals surface area contributed by atoms with Crippen molar-refractivity contribution in [2.24, 2.45) is 5.92 Å². The predicted octanol–water partition coefficient (Wildman–Crippen LogP) is 3.77. The van der Waals surface area contributed by atoms with Crippen LogP contribution in [-0.2, 0) is 4.79 Å². The molecule has 0 bridgehead atoms. The minimum Gasteiger partial charge on any atom is -0.371 e. The van der Waals surface area contributed by atoms with E-state index < -0.39 is 0 Å². The molecular formula is C23H27N3O2. The summed E-state index contributed by atoms with van der Waals surface area (Å²) in [4.78, 5) is 27.4. The van der Waals surface area contributed by atoms with Gasteiger partial charge in [-0.15, -0.1) is 6.58 Å². The van der Waals surface area contributed by atoms with Gasteiger partial charge in [0.25, 0.3) is 5.91 Å². The minimum absolute atomic E-state index is 0.0208. The van der Waals surface area contributed by atoms with E-state index >= 15 is 0 Å². The zero-order chi connectivity index (χ0) is 19.9. The summed E-state index contributed by atoms with van der Waals surface area (Å²) in [6, 6.07) is 15.6. The zero-order valence-electron chi connectivity index (χ0n) is 16.3. The van der Waals surface area contributed by atoms with Gasteiger partial charge in [-0.25, -0.2) is 0 Å². The van der Waals surface area contributed by atoms with Gasteiger partial charge in [-0.2, -0.15) is 0 Å². The molecule has 3 rings (SSSR count). The molecule has 0 atom stereocenters. The maximum absolute atomic E-state index is 12.8. The Labute approximate surface area is 166 Å². The van der Waals surface area contributed by atoms with Gasteiger partial charge in [0.05, 0.1) is 11.3 Å². The molecule has 2 N–H and O–H groups in total. The van der Waals surface area contributed by atoms with Crippen LogP contribution in [0.1, 0.15) is 28.8 Å². The first-order valence-corrected chi connectivity index (χ1v) is 9.69. The highest BCUT2D eigenvalue weighted by molar-refractivity contribution is 6.04. The van der Waals surface area contributed by atoms with E-state index in [9.17, 15) is 9.59 Å². The van der Waals surface area contributed by atoms with Gasteiger partial charge in [-0.1, -0.05) is 35.9 Å². The quantitative estimate of drug-likeness (QED) is 0.754. The van der Waals surface area contributed by atoms with Gasteiger partial charge in [0, 0.05) is 31.2 Å². The molecule has 1 saturated heterocycles. The molecular weight excluding hydrogens is 350 g/mol. The number of aryl methyl sites for hydroxylation is 1. The lowest BCUT2D eigenvalue weighted by Gasteiger charge is -2.33. The summed E-state index contributed by atoms with van der Waals surface area (Å²) in [5.41, 5.74) is 3.47. The molecule has 0 radical (unpaired) electrons. The second-order valence-electron chi connectivity index (χ2n) is 7.13. The number of nitrogens with one attached hydrogen (secondary N) is 2. The first-order chi connectivity index (χ1) is 13.6. The number of amides is 2. The highest BCUT2D eigenvalue weighted by Crippen LogP contribution is 2.25. The van der Waals surface area contributed by atoms with Crippen LogP contribution in [0, 0.1) is 12.8 Å². The summed E-state index contributed by atoms with van der Waals surface area (Å²) in [6.07, 6.45) is 3.22. The topological polar surface area (TPSA) is 61.4 Å². The molecule has 2 aromatic rings. The first-order valence-electron chi connectivity index (χ1n) is 9.69. The van der Waals surface area contributed by atoms with E-state index in [1.54, 1.807) is 24.3 Å². The number of piperidine rings is 1. The van der Waals surface area contributed by atoms with E-state index in [0.29, 0.717) is 17.8 Å². The fourth-order valence-corrected chi connectivity index (χ4v) is 3.44. The Hall–Kier alpha value is -3.08. The van der Waals surface area contributed by atoms with E-state index in [2.05, 4.69) is 53.3 Å². The smallest absolute Gasteiger partial charge is 0.253 e. The van der Waals surface area contributed by atoms with E-state index in [0.717, 1.165) is 25.9 Å². The number of hydrogen-bond donors (Lipinski definition) is 2. The predicted molar refractivity (Wildman–Crippen MR) is 114 cm³/mol. The number of nitrogens with zero attached hydrogens (tertiary/aromatic N) is 1. The summed E-state index contributed by atoms with van der Waals surface area (Å²) in [5.74, 6) is -0.288. The van der Waals surface area contributed by atoms with Crippen LogP contribution in [0.25, 0.3) is 0 Å². The number of hydrogen-bond acceptors (Lipinski definition) is 3. The Kier molecular flexibility index (Phi) is 6.48. The highest BCUT2D eigenvalue weighted by Gasteiger charge is 2.26. The van der Waals surface area contributed by atoms with Crippen LogP contribution in [0.3, 0.4) is 0 Å². The van der Waals surface area contributed by atoms with Crippen LogP contribution >= 0.6 is 0 Å². The fraction of sp³-hybridized carbons (Fsp3) is 0.304. The molecule has 28 heavy (non-hydrogen) atoms. The number of rotatable bonds is 6. The molecule has 0 spiro atoms. The average molecular weight is 377 g/mol. The summed E-state index contributed by atoms with van der Waals surface area (Å²) in [7, 11) is 0. The second-order valence-corrected chi connectivity index (χ2v) is 7.13. The third-order valence-electron chi connectivity index (χ3n) is 5.10. The molecule has 2 amide bonds. The van der Waals surface area contributed by atoms with E-state index in [1.807, 2.05) is 6.07 Å². The van der Waals surface area contributed by atoms with E-state index in [4.69, 9.17) is 0 Å². The van der Waals surface area contributed by atoms with Crippen molar-refractivity contribution >= 4 is 23.2 Å². The summed E-state index contributed by atoms with van der Waals surface area (Å²) < 4.78 is 0. The third-order valence-corrected chi connectivity index (χ3v) is 5.10. The van der Waals surface area contributed by atoms with Gasteiger partial charge >= 0.3 is 0 Å². The normalized spacial score (nSPS) is 14.4. The molecule has 1 heterocycles. The van der Waals surface area contributed by atoms with Crippen LogP contribution in [0.4, 0.5) is 11.4 Å². The maximum Gasteiger partial charge on any atom is 0.253 e. The highest BCUT2D eigenvalue weighted by atomic mass is 16.2. The zero-order valence-corrected chi connectivity index (χ0v) is 16.3. The SMILES string of the molecule is C=CCNC(=O)c1ccccc1NC(=O)C1CCN(c2ccc(C)cc2)CC1. The Bertz CT molecular complexity index is 837. The van der Waals surface area contributed by atoms with Gasteiger partial charge in [0.1, 0.15) is 0 Å². The minimum atomic E-state index is -0.218. The van der Waals surface area contributed by atoms with E-state index in [-0.39, 0.29) is 17.7 Å². The lowest BCUT2D eigenvalue weighted by molar-refractivity contribution is -0.120. The average Bonchev–Trinajstić information content (AvgIpc) is 2.73. The Morgan fingerprint density at radius 1 is 1.11 bits per heavy atom. The molecule has 1 aliphatic rings. The van der Waals surface area contributed by atoms with Crippen molar-refractivity contribution in [2.45, 2.75) is 19.8 Å². The molecule has 2 aromatic carbocycles. The molecule has 5 heteroatoms. The largest absolute Gasteiger partial charge is 0.371 e. The van der Waals surface area contributed by atoms with Crippen molar-refractivity contribution in [3.8, 4) is 0 Å². The maximum atomic E-state index is 12.8. The van der Waals surface area contributed by atoms with Crippen LogP contribution in [0.5, 0.6) is 0 Å². The molecule has 0 aromatic heterocycles. The Morgan fingerprint density at radius 3 is 2.46 bits per heavy atom. The third kappa shape index (κ3) is 4.80. The summed E-state index contributed by atoms with van der Waals surface area (Å²) in [5, 5.41) is 5.71. The van der Waals surface area contributed by atoms with Crippen LogP contribution in [0.15, 0.2) is 61.2 Å². The summed E-state index contributed by atoms with van der Waals surface area (Å²) >= 11 is 0. The van der Waals surface area contributed by atoms with Crippen LogP contribution < -0.4 is 15.5 Å². The molecule has 5 nitrogen and oxygen atoms in total. The number of carbonyl (C=O) groups is 2. The number of anilines is 2. The van der Waals surface area contributed by atoms with Crippen molar-refractivity contribution in [1.82, 2.24) is 5.32 Å². The standard InChI is InChI=1S/C23H27N3O2/c1-3-14-24-23(28)20-6-4-5-7-21(20)25-22(27)18-12-15-26(16-13-18)19-10-8-17(2)9-11-19/h3-11,18H,1,12-16H2,2H3,(H,24,28)(H,25,27). The molecule has 1 aliphatic heterocycles. The van der Waals surface area contributed by atoms with Gasteiger partial charge < -0.3 is 15.5 Å². The first kappa shape index (κ1) is 19.7. The van der Waals surface area contributed by atoms with Gasteiger partial charge in [0.15, 0.2) is 0 Å². The molecule has 0 aliphatic carbocycles. The molecule has 1 fully saturated rings. The number of benzene rings is 2. The van der Waals surface area contributed by atoms with Gasteiger partial charge in [-0.3, -0.25) is 9.59 Å². The number of carbonyl (C=O) groups excluding carboxylic acids is 2. The van der Waals surface area contributed by atoms with Crippen molar-refractivity contribution in [2.75, 3.05) is 29.9 Å². The summed E-state index contributed by atoms with van der Waals surface area (Å²) in [6.45, 7) is 7.77.